The number of allylic oxidation sites excluding steroid dienone is 2. The van der Waals surface area contributed by atoms with Gasteiger partial charge in [0.05, 0.1) is 0 Å². The second kappa shape index (κ2) is 8.75. The monoisotopic (exact) mass is 349 g/mol. The van der Waals surface area contributed by atoms with E-state index in [0.29, 0.717) is 0 Å². The number of rotatable bonds is 5. The van der Waals surface area contributed by atoms with Crippen molar-refractivity contribution in [3.63, 3.8) is 0 Å². The average Bonchev–Trinajstić information content (AvgIpc) is 2.91. The Kier molecular flexibility index (Phi) is 6.98. The van der Waals surface area contributed by atoms with Crippen molar-refractivity contribution < 1.29 is 0 Å². The van der Waals surface area contributed by atoms with Crippen molar-refractivity contribution >= 4 is 22.6 Å². The minimum absolute atomic E-state index is 0. The van der Waals surface area contributed by atoms with Crippen LogP contribution in [0.15, 0.2) is 30.3 Å². The lowest BCUT2D eigenvalue weighted by atomic mass is 10.1. The van der Waals surface area contributed by atoms with Crippen molar-refractivity contribution in [2.45, 2.75) is 51.4 Å². The quantitative estimate of drug-likeness (QED) is 0.656. The van der Waals surface area contributed by atoms with Crippen LogP contribution in [0.25, 0.3) is 5.57 Å². The van der Waals surface area contributed by atoms with Crippen LogP contribution in [0.3, 0.4) is 0 Å². The summed E-state index contributed by atoms with van der Waals surface area (Å²) in [5.41, 5.74) is 4.66. The number of piperidine rings is 1. The Balaban J connectivity index is 0.00000161. The molecule has 21 heavy (non-hydrogen) atoms. The van der Waals surface area contributed by atoms with Crippen molar-refractivity contribution in [1.82, 2.24) is 4.90 Å². The van der Waals surface area contributed by atoms with E-state index < -0.39 is 0 Å². The van der Waals surface area contributed by atoms with Crippen molar-refractivity contribution in [1.29, 1.82) is 0 Å². The minimum atomic E-state index is 0. The second-order valence-corrected chi connectivity index (χ2v) is 6.28. The van der Waals surface area contributed by atoms with Crippen LogP contribution in [0, 0.1) is 0 Å². The molecule has 2 heteroatoms. The van der Waals surface area contributed by atoms with Crippen LogP contribution in [0.2, 0.25) is 0 Å². The molecule has 0 N–H and O–H groups in total. The Morgan fingerprint density at radius 3 is 2.62 bits per heavy atom. The van der Waals surface area contributed by atoms with E-state index in [0.717, 1.165) is 0 Å². The lowest BCUT2D eigenvalue weighted by molar-refractivity contribution is 0.225. The van der Waals surface area contributed by atoms with Crippen LogP contribution >= 0.6 is 17.0 Å². The van der Waals surface area contributed by atoms with Crippen molar-refractivity contribution in [2.24, 2.45) is 0 Å². The van der Waals surface area contributed by atoms with Crippen LogP contribution in [0.1, 0.15) is 56.1 Å². The number of nitrogens with zero attached hydrogens (tertiary/aromatic N) is 1. The van der Waals surface area contributed by atoms with E-state index in [-0.39, 0.29) is 17.0 Å². The maximum Gasteiger partial charge on any atom is -0.00186 e. The van der Waals surface area contributed by atoms with Crippen LogP contribution < -0.4 is 0 Å². The van der Waals surface area contributed by atoms with E-state index in [9.17, 15) is 0 Å². The zero-order valence-corrected chi connectivity index (χ0v) is 14.7. The molecule has 0 atom stereocenters. The summed E-state index contributed by atoms with van der Waals surface area (Å²) in [7, 11) is 0. The van der Waals surface area contributed by atoms with Crippen LogP contribution in [-0.4, -0.2) is 24.5 Å². The molecule has 0 saturated carbocycles. The van der Waals surface area contributed by atoms with Gasteiger partial charge in [-0.3, -0.25) is 0 Å². The number of unbranched alkanes of at least 4 members (excludes halogenated alkanes) is 2. The Hall–Kier alpha value is -0.600. The fraction of sp³-hybridized carbons (Fsp3) is 0.579. The molecule has 0 spiro atoms. The van der Waals surface area contributed by atoms with Crippen LogP contribution in [0.5, 0.6) is 0 Å². The molecule has 1 heterocycles. The van der Waals surface area contributed by atoms with Gasteiger partial charge in [-0.1, -0.05) is 36.8 Å². The molecule has 0 radical (unpaired) electrons. The van der Waals surface area contributed by atoms with Gasteiger partial charge >= 0.3 is 0 Å². The van der Waals surface area contributed by atoms with Gasteiger partial charge in [-0.15, -0.1) is 17.0 Å². The molecule has 0 bridgehead atoms. The van der Waals surface area contributed by atoms with Gasteiger partial charge in [-0.2, -0.15) is 0 Å². The summed E-state index contributed by atoms with van der Waals surface area (Å²) in [5.74, 6) is 0. The summed E-state index contributed by atoms with van der Waals surface area (Å²) in [5, 5.41) is 0. The standard InChI is InChI=1S/C19H27N.BrH/c1(6-14-20-15-7-2-8-16-20)3-9-17-12-13-18-10-4-5-11-19(17)18;/h4-5,9-11H,1-3,6-8,12-16H2;1H. The summed E-state index contributed by atoms with van der Waals surface area (Å²) >= 11 is 0. The smallest absolute Gasteiger partial charge is 0.00186 e. The van der Waals surface area contributed by atoms with Gasteiger partial charge in [0.25, 0.3) is 0 Å². The molecular weight excluding hydrogens is 322 g/mol. The van der Waals surface area contributed by atoms with Crippen LogP contribution in [0.4, 0.5) is 0 Å². The normalized spacial score (nSPS) is 20.3. The molecule has 116 valence electrons. The fourth-order valence-corrected chi connectivity index (χ4v) is 3.61. The van der Waals surface area contributed by atoms with Gasteiger partial charge in [0.15, 0.2) is 0 Å². The predicted molar refractivity (Wildman–Crippen MR) is 97.2 cm³/mol. The molecule has 2 aliphatic rings. The number of benzene rings is 1. The Morgan fingerprint density at radius 2 is 1.76 bits per heavy atom. The number of fused-ring (bicyclic) bond motifs is 1. The topological polar surface area (TPSA) is 3.24 Å². The molecule has 1 aromatic rings. The van der Waals surface area contributed by atoms with E-state index in [1.807, 2.05) is 0 Å². The summed E-state index contributed by atoms with van der Waals surface area (Å²) in [6, 6.07) is 8.92. The molecule has 1 nitrogen and oxygen atoms in total. The molecule has 1 aliphatic carbocycles. The van der Waals surface area contributed by atoms with E-state index in [4.69, 9.17) is 0 Å². The summed E-state index contributed by atoms with van der Waals surface area (Å²) in [6.45, 7) is 4.00. The first-order valence-electron chi connectivity index (χ1n) is 8.43. The molecule has 0 unspecified atom stereocenters. The maximum atomic E-state index is 2.65. The summed E-state index contributed by atoms with van der Waals surface area (Å²) in [4.78, 5) is 2.65. The van der Waals surface area contributed by atoms with Gasteiger partial charge in [0, 0.05) is 0 Å². The van der Waals surface area contributed by atoms with Crippen molar-refractivity contribution in [3.05, 3.63) is 41.5 Å². The van der Waals surface area contributed by atoms with Gasteiger partial charge in [0.2, 0.25) is 0 Å². The summed E-state index contributed by atoms with van der Waals surface area (Å²) in [6.07, 6.45) is 13.3. The molecule has 3 rings (SSSR count). The third-order valence-electron chi connectivity index (χ3n) is 4.79. The number of aryl methyl sites for hydroxylation is 1. The number of hydrogen-bond acceptors (Lipinski definition) is 1. The van der Waals surface area contributed by atoms with E-state index in [1.54, 1.807) is 11.1 Å². The first-order chi connectivity index (χ1) is 9.93. The fourth-order valence-electron chi connectivity index (χ4n) is 3.61. The molecule has 1 saturated heterocycles. The van der Waals surface area contributed by atoms with Gasteiger partial charge in [-0.25, -0.2) is 0 Å². The zero-order chi connectivity index (χ0) is 13.6. The van der Waals surface area contributed by atoms with E-state index in [2.05, 4.69) is 35.2 Å². The molecular formula is C19H28BrN. The van der Waals surface area contributed by atoms with Crippen molar-refractivity contribution in [3.8, 4) is 0 Å². The Labute approximate surface area is 140 Å². The lowest BCUT2D eigenvalue weighted by Gasteiger charge is -2.26. The predicted octanol–water partition coefficient (Wildman–Crippen LogP) is 5.25. The molecule has 1 fully saturated rings. The zero-order valence-electron chi connectivity index (χ0n) is 13.0. The molecule has 0 amide bonds. The number of likely N-dealkylation sites (tertiary alicyclic amines) is 1. The molecule has 0 aromatic heterocycles. The highest BCUT2D eigenvalue weighted by molar-refractivity contribution is 8.93. The molecule has 1 aliphatic heterocycles. The van der Waals surface area contributed by atoms with Crippen molar-refractivity contribution in [2.75, 3.05) is 19.6 Å². The minimum Gasteiger partial charge on any atom is -0.303 e. The van der Waals surface area contributed by atoms with Gasteiger partial charge in [-0.05, 0) is 81.3 Å². The third kappa shape index (κ3) is 4.69. The maximum absolute atomic E-state index is 2.65. The lowest BCUT2D eigenvalue weighted by Crippen LogP contribution is -2.30. The Bertz CT molecular complexity index is 460. The average molecular weight is 350 g/mol. The summed E-state index contributed by atoms with van der Waals surface area (Å²) < 4.78 is 0. The number of halogens is 1. The SMILES string of the molecule is Br.C(CCCCN1CCCCC1)=C1CCc2ccccc21. The first kappa shape index (κ1) is 16.8. The highest BCUT2D eigenvalue weighted by Crippen LogP contribution is 2.32. The number of hydrogen-bond donors (Lipinski definition) is 0. The second-order valence-electron chi connectivity index (χ2n) is 6.28. The highest BCUT2D eigenvalue weighted by Gasteiger charge is 2.14. The Morgan fingerprint density at radius 1 is 0.952 bits per heavy atom. The van der Waals surface area contributed by atoms with Crippen LogP contribution in [-0.2, 0) is 6.42 Å². The molecule has 1 aromatic carbocycles. The third-order valence-corrected chi connectivity index (χ3v) is 4.79. The van der Waals surface area contributed by atoms with Gasteiger partial charge in [0.1, 0.15) is 0 Å². The highest BCUT2D eigenvalue weighted by atomic mass is 79.9. The van der Waals surface area contributed by atoms with Gasteiger partial charge < -0.3 is 4.90 Å². The largest absolute Gasteiger partial charge is 0.303 e. The first-order valence-corrected chi connectivity index (χ1v) is 8.43. The van der Waals surface area contributed by atoms with E-state index in [1.165, 1.54) is 76.6 Å². The van der Waals surface area contributed by atoms with E-state index >= 15 is 0 Å².